The summed E-state index contributed by atoms with van der Waals surface area (Å²) < 4.78 is 0. The lowest BCUT2D eigenvalue weighted by Crippen LogP contribution is -2.26. The molecule has 102 valence electrons. The third-order valence-corrected chi connectivity index (χ3v) is 4.56. The van der Waals surface area contributed by atoms with Crippen molar-refractivity contribution >= 4 is 11.3 Å². The second-order valence-electron chi connectivity index (χ2n) is 5.66. The molecule has 1 aliphatic rings. The number of hydrogen-bond donors (Lipinski definition) is 1. The summed E-state index contributed by atoms with van der Waals surface area (Å²) in [7, 11) is 0. The van der Waals surface area contributed by atoms with Crippen LogP contribution in [0, 0.1) is 5.92 Å². The van der Waals surface area contributed by atoms with Gasteiger partial charge in [0, 0.05) is 12.6 Å². The molecule has 0 aliphatic heterocycles. The minimum Gasteiger partial charge on any atom is -0.330 e. The topological polar surface area (TPSA) is 29.3 Å². The third kappa shape index (κ3) is 4.71. The first-order valence-electron chi connectivity index (χ1n) is 7.24. The van der Waals surface area contributed by atoms with Crippen LogP contribution >= 0.6 is 11.3 Å². The predicted molar refractivity (Wildman–Crippen MR) is 79.8 cm³/mol. The van der Waals surface area contributed by atoms with E-state index in [2.05, 4.69) is 28.7 Å². The van der Waals surface area contributed by atoms with Crippen molar-refractivity contribution in [2.75, 3.05) is 13.1 Å². The van der Waals surface area contributed by atoms with E-state index in [4.69, 9.17) is 5.73 Å². The molecule has 1 atom stereocenters. The Morgan fingerprint density at radius 3 is 2.89 bits per heavy atom. The van der Waals surface area contributed by atoms with E-state index in [1.54, 1.807) is 0 Å². The van der Waals surface area contributed by atoms with Crippen molar-refractivity contribution in [3.05, 3.63) is 22.4 Å². The Balaban J connectivity index is 1.70. The molecule has 0 radical (unpaired) electrons. The normalized spacial score (nSPS) is 17.3. The molecule has 0 amide bonds. The lowest BCUT2D eigenvalue weighted by molar-refractivity contribution is 0.243. The molecule has 1 aromatic heterocycles. The van der Waals surface area contributed by atoms with E-state index >= 15 is 0 Å². The number of nitrogens with zero attached hydrogens (tertiary/aromatic N) is 1. The molecule has 2 N–H and O–H groups in total. The van der Waals surface area contributed by atoms with Crippen molar-refractivity contribution in [1.29, 1.82) is 0 Å². The standard InChI is InChI=1S/C15H26N2S/c1-13(6-8-16)3-2-9-17(15-4-5-15)11-14-7-10-18-12-14/h7,10,12-13,15H,2-6,8-9,11,16H2,1H3. The molecule has 1 aliphatic carbocycles. The van der Waals surface area contributed by atoms with Crippen LogP contribution in [-0.2, 0) is 6.54 Å². The van der Waals surface area contributed by atoms with E-state index < -0.39 is 0 Å². The van der Waals surface area contributed by atoms with Gasteiger partial charge in [-0.25, -0.2) is 0 Å². The fraction of sp³-hybridized carbons (Fsp3) is 0.733. The molecule has 1 unspecified atom stereocenters. The summed E-state index contributed by atoms with van der Waals surface area (Å²) in [5.41, 5.74) is 7.09. The van der Waals surface area contributed by atoms with E-state index in [-0.39, 0.29) is 0 Å². The quantitative estimate of drug-likeness (QED) is 0.741. The zero-order chi connectivity index (χ0) is 12.8. The van der Waals surface area contributed by atoms with Crippen LogP contribution in [0.3, 0.4) is 0 Å². The molecule has 1 saturated carbocycles. The summed E-state index contributed by atoms with van der Waals surface area (Å²) in [6.45, 7) is 5.57. The van der Waals surface area contributed by atoms with Gasteiger partial charge in [-0.2, -0.15) is 11.3 Å². The Labute approximate surface area is 115 Å². The summed E-state index contributed by atoms with van der Waals surface area (Å²) in [5, 5.41) is 4.47. The first-order chi connectivity index (χ1) is 8.79. The molecule has 0 saturated heterocycles. The summed E-state index contributed by atoms with van der Waals surface area (Å²) in [6, 6.07) is 3.13. The molecule has 2 rings (SSSR count). The highest BCUT2D eigenvalue weighted by Gasteiger charge is 2.28. The Morgan fingerprint density at radius 2 is 2.28 bits per heavy atom. The molecule has 3 heteroatoms. The van der Waals surface area contributed by atoms with Crippen molar-refractivity contribution < 1.29 is 0 Å². The van der Waals surface area contributed by atoms with Gasteiger partial charge in [0.15, 0.2) is 0 Å². The van der Waals surface area contributed by atoms with Gasteiger partial charge in [0.2, 0.25) is 0 Å². The lowest BCUT2D eigenvalue weighted by atomic mass is 10.0. The van der Waals surface area contributed by atoms with Crippen LogP contribution < -0.4 is 5.73 Å². The Morgan fingerprint density at radius 1 is 1.44 bits per heavy atom. The van der Waals surface area contributed by atoms with Crippen molar-refractivity contribution in [1.82, 2.24) is 4.90 Å². The van der Waals surface area contributed by atoms with Crippen LogP contribution in [0.15, 0.2) is 16.8 Å². The summed E-state index contributed by atoms with van der Waals surface area (Å²) >= 11 is 1.81. The van der Waals surface area contributed by atoms with Crippen molar-refractivity contribution in [2.45, 2.75) is 51.6 Å². The zero-order valence-electron chi connectivity index (χ0n) is 11.5. The summed E-state index contributed by atoms with van der Waals surface area (Å²) in [5.74, 6) is 0.789. The first-order valence-corrected chi connectivity index (χ1v) is 8.19. The number of rotatable bonds is 9. The molecule has 0 aromatic carbocycles. The van der Waals surface area contributed by atoms with E-state index in [1.807, 2.05) is 11.3 Å². The van der Waals surface area contributed by atoms with Crippen molar-refractivity contribution in [3.8, 4) is 0 Å². The highest BCUT2D eigenvalue weighted by atomic mass is 32.1. The highest BCUT2D eigenvalue weighted by Crippen LogP contribution is 2.29. The maximum atomic E-state index is 5.60. The molecular formula is C15H26N2S. The van der Waals surface area contributed by atoms with Crippen molar-refractivity contribution in [3.63, 3.8) is 0 Å². The second-order valence-corrected chi connectivity index (χ2v) is 6.44. The molecule has 1 fully saturated rings. The van der Waals surface area contributed by atoms with Crippen molar-refractivity contribution in [2.24, 2.45) is 11.7 Å². The van der Waals surface area contributed by atoms with E-state index in [1.165, 1.54) is 44.2 Å². The minimum atomic E-state index is 0.789. The lowest BCUT2D eigenvalue weighted by Gasteiger charge is -2.22. The average Bonchev–Trinajstić information content (AvgIpc) is 3.07. The molecule has 1 aromatic rings. The number of nitrogens with two attached hydrogens (primary N) is 1. The van der Waals surface area contributed by atoms with Gasteiger partial charge in [-0.3, -0.25) is 4.90 Å². The van der Waals surface area contributed by atoms with Gasteiger partial charge >= 0.3 is 0 Å². The monoisotopic (exact) mass is 266 g/mol. The third-order valence-electron chi connectivity index (χ3n) is 3.83. The van der Waals surface area contributed by atoms with Gasteiger partial charge in [-0.15, -0.1) is 0 Å². The largest absolute Gasteiger partial charge is 0.330 e. The molecule has 0 spiro atoms. The van der Waals surface area contributed by atoms with Crippen LogP contribution in [0.4, 0.5) is 0 Å². The fourth-order valence-electron chi connectivity index (χ4n) is 2.52. The predicted octanol–water partition coefficient (Wildman–Crippen LogP) is 3.48. The van der Waals surface area contributed by atoms with Crippen LogP contribution in [-0.4, -0.2) is 24.0 Å². The number of thiophene rings is 1. The average molecular weight is 266 g/mol. The highest BCUT2D eigenvalue weighted by molar-refractivity contribution is 7.07. The maximum Gasteiger partial charge on any atom is 0.0244 e. The zero-order valence-corrected chi connectivity index (χ0v) is 12.3. The SMILES string of the molecule is CC(CCN)CCCN(Cc1ccsc1)C1CC1. The Kier molecular flexibility index (Phi) is 5.67. The van der Waals surface area contributed by atoms with Gasteiger partial charge < -0.3 is 5.73 Å². The van der Waals surface area contributed by atoms with Gasteiger partial charge in [0.25, 0.3) is 0 Å². The fourth-order valence-corrected chi connectivity index (χ4v) is 3.18. The number of hydrogen-bond acceptors (Lipinski definition) is 3. The Hall–Kier alpha value is -0.380. The van der Waals surface area contributed by atoms with Gasteiger partial charge in [-0.1, -0.05) is 6.92 Å². The molecular weight excluding hydrogens is 240 g/mol. The molecule has 0 bridgehead atoms. The summed E-state index contributed by atoms with van der Waals surface area (Å²) in [6.07, 6.45) is 6.63. The molecule has 18 heavy (non-hydrogen) atoms. The van der Waals surface area contributed by atoms with Crippen LogP contribution in [0.2, 0.25) is 0 Å². The van der Waals surface area contributed by atoms with E-state index in [0.29, 0.717) is 0 Å². The van der Waals surface area contributed by atoms with Gasteiger partial charge in [0.05, 0.1) is 0 Å². The van der Waals surface area contributed by atoms with Crippen LogP contribution in [0.1, 0.15) is 44.6 Å². The van der Waals surface area contributed by atoms with Gasteiger partial charge in [-0.05, 0) is 73.5 Å². The molecule has 2 nitrogen and oxygen atoms in total. The van der Waals surface area contributed by atoms with Gasteiger partial charge in [0.1, 0.15) is 0 Å². The second kappa shape index (κ2) is 7.27. The smallest absolute Gasteiger partial charge is 0.0244 e. The van der Waals surface area contributed by atoms with Crippen LogP contribution in [0.25, 0.3) is 0 Å². The first kappa shape index (κ1) is 14.0. The summed E-state index contributed by atoms with van der Waals surface area (Å²) in [4.78, 5) is 2.68. The molecule has 1 heterocycles. The maximum absolute atomic E-state index is 5.60. The minimum absolute atomic E-state index is 0.789. The van der Waals surface area contributed by atoms with E-state index in [9.17, 15) is 0 Å². The Bertz CT molecular complexity index is 319. The van der Waals surface area contributed by atoms with E-state index in [0.717, 1.165) is 25.0 Å². The van der Waals surface area contributed by atoms with Crippen LogP contribution in [0.5, 0.6) is 0 Å².